The zero-order valence-corrected chi connectivity index (χ0v) is 14.3. The quantitative estimate of drug-likeness (QED) is 0.562. The predicted octanol–water partition coefficient (Wildman–Crippen LogP) is 3.32. The third kappa shape index (κ3) is 3.93. The van der Waals surface area contributed by atoms with Crippen LogP contribution in [-0.4, -0.2) is 46.0 Å². The maximum absolute atomic E-state index is 5.88. The molecule has 2 aromatic rings. The Hall–Kier alpha value is -0.650. The highest BCUT2D eigenvalue weighted by Crippen LogP contribution is 2.19. The fourth-order valence-corrected chi connectivity index (χ4v) is 2.73. The van der Waals surface area contributed by atoms with Crippen molar-refractivity contribution in [1.82, 2.24) is 19.4 Å². The van der Waals surface area contributed by atoms with E-state index in [0.717, 1.165) is 47.4 Å². The first-order chi connectivity index (χ1) is 9.61. The van der Waals surface area contributed by atoms with Crippen LogP contribution in [0.3, 0.4) is 0 Å². The highest BCUT2D eigenvalue weighted by molar-refractivity contribution is 9.10. The first-order valence-electron chi connectivity index (χ1n) is 6.83. The molecule has 0 unspecified atom stereocenters. The lowest BCUT2D eigenvalue weighted by Gasteiger charge is -2.11. The van der Waals surface area contributed by atoms with Crippen LogP contribution in [-0.2, 0) is 13.0 Å². The molecule has 0 atom stereocenters. The maximum atomic E-state index is 5.88. The van der Waals surface area contributed by atoms with E-state index >= 15 is 0 Å². The number of imidazole rings is 1. The summed E-state index contributed by atoms with van der Waals surface area (Å²) in [6, 6.07) is 2.01. The molecule has 0 radical (unpaired) electrons. The van der Waals surface area contributed by atoms with Crippen LogP contribution in [0.1, 0.15) is 18.7 Å². The lowest BCUT2D eigenvalue weighted by atomic mass is 10.3. The van der Waals surface area contributed by atoms with E-state index in [1.54, 1.807) is 0 Å². The van der Waals surface area contributed by atoms with Gasteiger partial charge in [-0.2, -0.15) is 0 Å². The van der Waals surface area contributed by atoms with Crippen LogP contribution >= 0.6 is 27.5 Å². The lowest BCUT2D eigenvalue weighted by Crippen LogP contribution is -2.14. The molecule has 6 heteroatoms. The summed E-state index contributed by atoms with van der Waals surface area (Å²) < 4.78 is 3.17. The van der Waals surface area contributed by atoms with Gasteiger partial charge in [-0.3, -0.25) is 0 Å². The molecule has 0 aliphatic carbocycles. The maximum Gasteiger partial charge on any atom is 0.160 e. The van der Waals surface area contributed by atoms with Crippen molar-refractivity contribution in [3.05, 3.63) is 22.6 Å². The highest BCUT2D eigenvalue weighted by atomic mass is 79.9. The lowest BCUT2D eigenvalue weighted by molar-refractivity contribution is 0.387. The normalized spacial score (nSPS) is 11.7. The van der Waals surface area contributed by atoms with E-state index in [4.69, 9.17) is 11.6 Å². The van der Waals surface area contributed by atoms with Gasteiger partial charge in [-0.25, -0.2) is 9.97 Å². The van der Waals surface area contributed by atoms with Gasteiger partial charge in [-0.15, -0.1) is 11.6 Å². The molecule has 0 aromatic carbocycles. The minimum absolute atomic E-state index is 0.586. The molecule has 0 bridgehead atoms. The second kappa shape index (κ2) is 7.38. The SMILES string of the molecule is CN(C)CCCCn1c(CCCl)nc2cc(Br)cnc21. The van der Waals surface area contributed by atoms with E-state index in [1.807, 2.05) is 12.3 Å². The molecule has 110 valence electrons. The molecule has 2 heterocycles. The van der Waals surface area contributed by atoms with Crippen LogP contribution in [0.4, 0.5) is 0 Å². The topological polar surface area (TPSA) is 34.0 Å². The molecule has 0 amide bonds. The Morgan fingerprint density at radius 2 is 2.15 bits per heavy atom. The number of alkyl halides is 1. The fourth-order valence-electron chi connectivity index (χ4n) is 2.24. The standard InChI is InChI=1S/C14H20BrClN4/c1-19(2)7-3-4-8-20-13(5-6-16)18-12-9-11(15)10-17-14(12)20/h9-10H,3-8H2,1-2H3. The Labute approximate surface area is 133 Å². The molecule has 4 nitrogen and oxygen atoms in total. The van der Waals surface area contributed by atoms with Gasteiger partial charge in [0.1, 0.15) is 11.3 Å². The van der Waals surface area contributed by atoms with Gasteiger partial charge in [0.25, 0.3) is 0 Å². The smallest absolute Gasteiger partial charge is 0.160 e. The van der Waals surface area contributed by atoms with Gasteiger partial charge in [-0.1, -0.05) is 0 Å². The van der Waals surface area contributed by atoms with Crippen molar-refractivity contribution >= 4 is 38.7 Å². The number of aromatic nitrogens is 3. The number of fused-ring (bicyclic) bond motifs is 1. The summed E-state index contributed by atoms with van der Waals surface area (Å²) in [5.74, 6) is 1.62. The molecule has 0 spiro atoms. The zero-order chi connectivity index (χ0) is 14.5. The molecule has 2 rings (SSSR count). The van der Waals surface area contributed by atoms with E-state index < -0.39 is 0 Å². The van der Waals surface area contributed by atoms with Crippen molar-refractivity contribution in [2.24, 2.45) is 0 Å². The summed E-state index contributed by atoms with van der Waals surface area (Å²) in [6.07, 6.45) is 4.90. The molecule has 0 aliphatic rings. The number of halogens is 2. The Morgan fingerprint density at radius 1 is 1.35 bits per heavy atom. The molecular weight excluding hydrogens is 340 g/mol. The average molecular weight is 360 g/mol. The van der Waals surface area contributed by atoms with E-state index in [-0.39, 0.29) is 0 Å². The average Bonchev–Trinajstić information content (AvgIpc) is 2.72. The molecule has 2 aromatic heterocycles. The van der Waals surface area contributed by atoms with Gasteiger partial charge < -0.3 is 9.47 Å². The van der Waals surface area contributed by atoms with Gasteiger partial charge >= 0.3 is 0 Å². The summed E-state index contributed by atoms with van der Waals surface area (Å²) in [7, 11) is 4.20. The number of nitrogens with zero attached hydrogens (tertiary/aromatic N) is 4. The van der Waals surface area contributed by atoms with Crippen molar-refractivity contribution in [2.75, 3.05) is 26.5 Å². The predicted molar refractivity (Wildman–Crippen MR) is 87.4 cm³/mol. The third-order valence-corrected chi connectivity index (χ3v) is 3.81. The molecule has 0 saturated heterocycles. The van der Waals surface area contributed by atoms with Crippen LogP contribution < -0.4 is 0 Å². The Morgan fingerprint density at radius 3 is 2.85 bits per heavy atom. The Bertz CT molecular complexity index is 568. The fraction of sp³-hybridized carbons (Fsp3) is 0.571. The van der Waals surface area contributed by atoms with Crippen molar-refractivity contribution in [1.29, 1.82) is 0 Å². The molecule has 0 N–H and O–H groups in total. The highest BCUT2D eigenvalue weighted by Gasteiger charge is 2.11. The van der Waals surface area contributed by atoms with Gasteiger partial charge in [0, 0.05) is 29.5 Å². The van der Waals surface area contributed by atoms with Crippen molar-refractivity contribution in [3.63, 3.8) is 0 Å². The summed E-state index contributed by atoms with van der Waals surface area (Å²) in [6.45, 7) is 2.06. The monoisotopic (exact) mass is 358 g/mol. The van der Waals surface area contributed by atoms with Crippen LogP contribution in [0, 0.1) is 0 Å². The van der Waals surface area contributed by atoms with Crippen LogP contribution in [0.5, 0.6) is 0 Å². The number of hydrogen-bond donors (Lipinski definition) is 0. The second-order valence-electron chi connectivity index (χ2n) is 5.13. The summed E-state index contributed by atoms with van der Waals surface area (Å²) in [5, 5.41) is 0. The Balaban J connectivity index is 2.17. The van der Waals surface area contributed by atoms with E-state index in [0.29, 0.717) is 5.88 Å². The summed E-state index contributed by atoms with van der Waals surface area (Å²) >= 11 is 9.32. The number of pyridine rings is 1. The summed E-state index contributed by atoms with van der Waals surface area (Å²) in [4.78, 5) is 11.4. The molecule has 0 fully saturated rings. The van der Waals surface area contributed by atoms with Gasteiger partial charge in [-0.05, 0) is 55.5 Å². The minimum atomic E-state index is 0.586. The largest absolute Gasteiger partial charge is 0.313 e. The van der Waals surface area contributed by atoms with E-state index in [9.17, 15) is 0 Å². The van der Waals surface area contributed by atoms with Crippen molar-refractivity contribution in [2.45, 2.75) is 25.8 Å². The van der Waals surface area contributed by atoms with E-state index in [2.05, 4.69) is 49.5 Å². The number of unbranched alkanes of at least 4 members (excludes halogenated alkanes) is 1. The van der Waals surface area contributed by atoms with Crippen LogP contribution in [0.2, 0.25) is 0 Å². The van der Waals surface area contributed by atoms with Crippen LogP contribution in [0.25, 0.3) is 11.2 Å². The zero-order valence-electron chi connectivity index (χ0n) is 11.9. The Kier molecular flexibility index (Phi) is 5.81. The number of aryl methyl sites for hydroxylation is 2. The van der Waals surface area contributed by atoms with Gasteiger partial charge in [0.05, 0.1) is 0 Å². The third-order valence-electron chi connectivity index (χ3n) is 3.19. The van der Waals surface area contributed by atoms with Gasteiger partial charge in [0.15, 0.2) is 5.65 Å². The van der Waals surface area contributed by atoms with Gasteiger partial charge in [0.2, 0.25) is 0 Å². The number of hydrogen-bond acceptors (Lipinski definition) is 3. The second-order valence-corrected chi connectivity index (χ2v) is 6.42. The summed E-state index contributed by atoms with van der Waals surface area (Å²) in [5.41, 5.74) is 1.89. The molecule has 20 heavy (non-hydrogen) atoms. The molecule has 0 saturated carbocycles. The van der Waals surface area contributed by atoms with Crippen molar-refractivity contribution in [3.8, 4) is 0 Å². The molecule has 0 aliphatic heterocycles. The first kappa shape index (κ1) is 15.7. The van der Waals surface area contributed by atoms with Crippen LogP contribution in [0.15, 0.2) is 16.7 Å². The first-order valence-corrected chi connectivity index (χ1v) is 8.16. The van der Waals surface area contributed by atoms with E-state index in [1.165, 1.54) is 6.42 Å². The minimum Gasteiger partial charge on any atom is -0.313 e. The number of rotatable bonds is 7. The molecular formula is C14H20BrClN4. The van der Waals surface area contributed by atoms with Crippen molar-refractivity contribution < 1.29 is 0 Å².